The van der Waals surface area contributed by atoms with Crippen LogP contribution in [0.4, 0.5) is 27.6 Å². The molecule has 8 aromatic rings. The van der Waals surface area contributed by atoms with E-state index in [9.17, 15) is 22.0 Å². The van der Waals surface area contributed by atoms with Crippen LogP contribution in [0.25, 0.3) is 47.9 Å². The number of benzene rings is 8. The van der Waals surface area contributed by atoms with Gasteiger partial charge in [0, 0.05) is 5.56 Å². The van der Waals surface area contributed by atoms with Gasteiger partial charge in [0.1, 0.15) is 5.82 Å². The largest absolute Gasteiger partial charge is 0.426 e. The van der Waals surface area contributed by atoms with Crippen molar-refractivity contribution in [3.8, 4) is 0 Å². The van der Waals surface area contributed by atoms with Gasteiger partial charge in [-0.2, -0.15) is 13.2 Å². The van der Waals surface area contributed by atoms with E-state index in [-0.39, 0.29) is 33.0 Å². The maximum Gasteiger partial charge on any atom is 0.426 e. The number of hydrogen-bond acceptors (Lipinski definition) is 0. The third-order valence-corrected chi connectivity index (χ3v) is 13.4. The molecule has 0 amide bonds. The average molecular weight is 950 g/mol. The Morgan fingerprint density at radius 1 is 0.386 bits per heavy atom. The second kappa shape index (κ2) is 20.3. The monoisotopic (exact) mass is 950 g/mol. The van der Waals surface area contributed by atoms with Crippen molar-refractivity contribution < 1.29 is 22.0 Å². The highest BCUT2D eigenvalue weighted by Gasteiger charge is 2.54. The second-order valence-corrected chi connectivity index (χ2v) is 23.0. The molecule has 1 unspecified atom stereocenters. The van der Waals surface area contributed by atoms with E-state index in [1.54, 1.807) is 24.3 Å². The summed E-state index contributed by atoms with van der Waals surface area (Å²) < 4.78 is 68.5. The van der Waals surface area contributed by atoms with Crippen LogP contribution in [-0.2, 0) is 27.3 Å². The Hall–Kier alpha value is -6.06. The highest BCUT2D eigenvalue weighted by Crippen LogP contribution is 2.47. The summed E-state index contributed by atoms with van der Waals surface area (Å²) in [5.74, 6) is -0.0637. The van der Waals surface area contributed by atoms with Gasteiger partial charge < -0.3 is 0 Å². The molecule has 0 N–H and O–H groups in total. The molecular weight excluding hydrogens is 878 g/mol. The first-order chi connectivity index (χ1) is 32.2. The normalized spacial score (nSPS) is 13.1. The van der Waals surface area contributed by atoms with Gasteiger partial charge in [-0.3, -0.25) is 0 Å². The van der Waals surface area contributed by atoms with E-state index < -0.39 is 11.8 Å². The van der Waals surface area contributed by atoms with Crippen molar-refractivity contribution in [1.29, 1.82) is 0 Å². The first-order valence-corrected chi connectivity index (χ1v) is 24.1. The smallest absolute Gasteiger partial charge is 0.238 e. The van der Waals surface area contributed by atoms with E-state index in [4.69, 9.17) is 6.57 Å². The molecule has 6 heteroatoms. The van der Waals surface area contributed by atoms with Crippen molar-refractivity contribution in [2.24, 2.45) is 0 Å². The average Bonchev–Trinajstić information content (AvgIpc) is 3.27. The van der Waals surface area contributed by atoms with Gasteiger partial charge in [-0.1, -0.05) is 204 Å². The number of aryl methyl sites for hydroxylation is 4. The molecule has 0 bridgehead atoms. The Labute approximate surface area is 415 Å². The summed E-state index contributed by atoms with van der Waals surface area (Å²) in [4.78, 5) is 3.66. The third kappa shape index (κ3) is 11.9. The van der Waals surface area contributed by atoms with Gasteiger partial charge in [0.05, 0.1) is 6.57 Å². The van der Waals surface area contributed by atoms with Crippen molar-refractivity contribution in [2.75, 3.05) is 0 Å². The predicted octanol–water partition coefficient (Wildman–Crippen LogP) is 20.2. The minimum atomic E-state index is -4.96. The molecule has 0 saturated heterocycles. The summed E-state index contributed by atoms with van der Waals surface area (Å²) in [6.45, 7) is 41.2. The molecular formula is C64H72F5N. The SMILES string of the molecule is Cc1c(C(C)(C)C)cc(C(C)(F)C(F)(F)F)c2ccccc12.Cc1c(F)c(C(C)(C)C)cc2ccccc12.Cc1cc(C(C)(C)C)cc2ccccc12.[C-]#[N+]c1cc(C(C)(C)C)c(C)c2ccccc12. The molecule has 0 spiro atoms. The molecule has 0 aliphatic carbocycles. The van der Waals surface area contributed by atoms with Crippen LogP contribution in [0.1, 0.15) is 140 Å². The number of rotatable bonds is 1. The van der Waals surface area contributed by atoms with Gasteiger partial charge >= 0.3 is 6.18 Å². The number of fused-ring (bicyclic) bond motifs is 4. The predicted molar refractivity (Wildman–Crippen MR) is 290 cm³/mol. The van der Waals surface area contributed by atoms with E-state index in [2.05, 4.69) is 103 Å². The molecule has 8 aromatic carbocycles. The van der Waals surface area contributed by atoms with Crippen molar-refractivity contribution >= 4 is 48.8 Å². The van der Waals surface area contributed by atoms with Crippen molar-refractivity contribution in [3.63, 3.8) is 0 Å². The molecule has 368 valence electrons. The lowest BCUT2D eigenvalue weighted by molar-refractivity contribution is -0.228. The first-order valence-electron chi connectivity index (χ1n) is 24.1. The Morgan fingerprint density at radius 2 is 0.786 bits per heavy atom. The highest BCUT2D eigenvalue weighted by molar-refractivity contribution is 5.97. The number of halogens is 5. The lowest BCUT2D eigenvalue weighted by Crippen LogP contribution is -2.35. The Balaban J connectivity index is 0.000000176. The van der Waals surface area contributed by atoms with Crippen LogP contribution in [0.3, 0.4) is 0 Å². The Morgan fingerprint density at radius 3 is 1.24 bits per heavy atom. The minimum absolute atomic E-state index is 0.0637. The van der Waals surface area contributed by atoms with Crippen LogP contribution < -0.4 is 0 Å². The van der Waals surface area contributed by atoms with Crippen molar-refractivity contribution in [2.45, 2.75) is 151 Å². The molecule has 0 heterocycles. The number of nitrogens with zero attached hydrogens (tertiary/aromatic N) is 1. The van der Waals surface area contributed by atoms with Crippen molar-refractivity contribution in [3.05, 3.63) is 195 Å². The second-order valence-electron chi connectivity index (χ2n) is 23.0. The van der Waals surface area contributed by atoms with Crippen LogP contribution in [-0.4, -0.2) is 6.18 Å². The van der Waals surface area contributed by atoms with Crippen LogP contribution in [0.2, 0.25) is 0 Å². The number of hydrogen-bond donors (Lipinski definition) is 0. The van der Waals surface area contributed by atoms with E-state index in [0.29, 0.717) is 17.7 Å². The molecule has 70 heavy (non-hydrogen) atoms. The van der Waals surface area contributed by atoms with E-state index in [0.717, 1.165) is 44.1 Å². The van der Waals surface area contributed by atoms with Gasteiger partial charge in [-0.05, 0) is 150 Å². The molecule has 0 saturated carbocycles. The van der Waals surface area contributed by atoms with Crippen LogP contribution in [0.15, 0.2) is 127 Å². The summed E-state index contributed by atoms with van der Waals surface area (Å²) in [5.41, 5.74) is 5.36. The minimum Gasteiger partial charge on any atom is -0.238 e. The standard InChI is InChI=1S/C18H20F4.C16H17N.C15H17F.C15H18/c1-11-12-8-6-7-9-13(12)15(10-14(11)16(2,3)4)17(5,19)18(20,21)22;1-11-12-8-6-7-9-13(12)15(17-5)10-14(11)16(2,3)4;1-10-12-8-6-5-7-11(12)9-13(14(10)16)15(2,3)4;1-11-9-13(15(2,3)4)10-12-7-5-6-8-14(11)12/h6-10H,1-5H3;6-10H,1-4H3;5-9H,1-4H3;5-10H,1-4H3. The first kappa shape index (κ1) is 54.9. The maximum absolute atomic E-state index is 14.6. The summed E-state index contributed by atoms with van der Waals surface area (Å²) in [5, 5.41) is 8.08. The Kier molecular flexibility index (Phi) is 16.0. The molecule has 1 atom stereocenters. The van der Waals surface area contributed by atoms with Gasteiger partial charge in [0.25, 0.3) is 0 Å². The van der Waals surface area contributed by atoms with Crippen LogP contribution >= 0.6 is 0 Å². The maximum atomic E-state index is 14.6. The zero-order chi connectivity index (χ0) is 52.5. The quantitative estimate of drug-likeness (QED) is 0.114. The molecule has 0 fully saturated rings. The highest BCUT2D eigenvalue weighted by atomic mass is 19.4. The van der Waals surface area contributed by atoms with Gasteiger partial charge in [-0.15, -0.1) is 0 Å². The fourth-order valence-electron chi connectivity index (χ4n) is 9.20. The summed E-state index contributed by atoms with van der Waals surface area (Å²) >= 11 is 0. The molecule has 0 aliphatic heterocycles. The fraction of sp³-hybridized carbons (Fsp3) is 0.359. The fourth-order valence-corrected chi connectivity index (χ4v) is 9.20. The Bertz CT molecular complexity index is 3210. The molecule has 0 aromatic heterocycles. The third-order valence-electron chi connectivity index (χ3n) is 13.4. The summed E-state index contributed by atoms with van der Waals surface area (Å²) in [7, 11) is 0. The van der Waals surface area contributed by atoms with Gasteiger partial charge in [-0.25, -0.2) is 13.6 Å². The van der Waals surface area contributed by atoms with E-state index >= 15 is 0 Å². The van der Waals surface area contributed by atoms with Crippen molar-refractivity contribution in [1.82, 2.24) is 0 Å². The molecule has 1 nitrogen and oxygen atoms in total. The molecule has 0 aliphatic rings. The van der Waals surface area contributed by atoms with Crippen LogP contribution in [0.5, 0.6) is 0 Å². The van der Waals surface area contributed by atoms with Gasteiger partial charge in [0.15, 0.2) is 5.69 Å². The lowest BCUT2D eigenvalue weighted by atomic mass is 9.78. The number of alkyl halides is 4. The van der Waals surface area contributed by atoms with Gasteiger partial charge in [0.2, 0.25) is 5.67 Å². The zero-order valence-corrected chi connectivity index (χ0v) is 44.5. The topological polar surface area (TPSA) is 4.36 Å². The summed E-state index contributed by atoms with van der Waals surface area (Å²) in [6, 6.07) is 41.4. The zero-order valence-electron chi connectivity index (χ0n) is 44.5. The molecule has 0 radical (unpaired) electrons. The molecule has 8 rings (SSSR count). The van der Waals surface area contributed by atoms with Crippen LogP contribution in [0, 0.1) is 40.1 Å². The lowest BCUT2D eigenvalue weighted by Gasteiger charge is -2.30. The summed E-state index contributed by atoms with van der Waals surface area (Å²) in [6.07, 6.45) is -4.96. The van der Waals surface area contributed by atoms with E-state index in [1.165, 1.54) is 44.5 Å². The van der Waals surface area contributed by atoms with E-state index in [1.807, 2.05) is 110 Å².